The van der Waals surface area contributed by atoms with Gasteiger partial charge in [0.1, 0.15) is 19.3 Å². The van der Waals surface area contributed by atoms with E-state index in [9.17, 15) is 34.6 Å². The Kier molecular flexibility index (Phi) is 13.8. The summed E-state index contributed by atoms with van der Waals surface area (Å²) in [5, 5.41) is 19.4. The Bertz CT molecular complexity index is 1820. The number of hydrogen-bond acceptors (Lipinski definition) is 12. The highest BCUT2D eigenvalue weighted by Crippen LogP contribution is 2.76. The van der Waals surface area contributed by atoms with E-state index >= 15 is 0 Å². The average molecular weight is 853 g/mol. The van der Waals surface area contributed by atoms with E-state index in [0.717, 1.165) is 63.4 Å². The first-order valence-electron chi connectivity index (χ1n) is 22.6. The molecule has 5 aliphatic rings. The van der Waals surface area contributed by atoms with Gasteiger partial charge in [0.25, 0.3) is 10.2 Å². The number of ether oxygens (including phenoxy) is 3. The lowest BCUT2D eigenvalue weighted by atomic mass is 9.33. The number of benzene rings is 1. The first-order chi connectivity index (χ1) is 28.8. The van der Waals surface area contributed by atoms with Crippen molar-refractivity contribution in [3.63, 3.8) is 0 Å². The van der Waals surface area contributed by atoms with Crippen LogP contribution in [0.15, 0.2) is 42.0 Å². The normalized spacial score (nSPS) is 34.8. The quantitative estimate of drug-likeness (QED) is 0.0341. The van der Waals surface area contributed by atoms with Gasteiger partial charge >= 0.3 is 17.9 Å². The Hall–Kier alpha value is -4.23. The fraction of sp³-hybridized carbons (Fsp3) is 0.766. The number of fused-ring (bicyclic) bond motifs is 7. The molecule has 1 unspecified atom stereocenters. The summed E-state index contributed by atoms with van der Waals surface area (Å²) in [6.07, 6.45) is 12.1. The van der Waals surface area contributed by atoms with Gasteiger partial charge in [0, 0.05) is 18.3 Å². The van der Waals surface area contributed by atoms with Crippen LogP contribution in [0.25, 0.3) is 0 Å². The van der Waals surface area contributed by atoms with Crippen LogP contribution < -0.4 is 0 Å². The predicted octanol–water partition coefficient (Wildman–Crippen LogP) is 9.72. The first-order valence-corrected chi connectivity index (χ1v) is 22.6. The van der Waals surface area contributed by atoms with Crippen LogP contribution in [0.3, 0.4) is 0 Å². The fourth-order valence-corrected chi connectivity index (χ4v) is 13.2. The van der Waals surface area contributed by atoms with Gasteiger partial charge < -0.3 is 23.9 Å². The highest BCUT2D eigenvalue weighted by Gasteiger charge is 2.70. The van der Waals surface area contributed by atoms with Crippen LogP contribution >= 0.6 is 0 Å². The molecule has 0 heterocycles. The number of rotatable bonds is 18. The van der Waals surface area contributed by atoms with Gasteiger partial charge in [0.05, 0.1) is 18.6 Å². The zero-order chi connectivity index (χ0) is 44.3. The summed E-state index contributed by atoms with van der Waals surface area (Å²) in [7, 11) is 0. The predicted molar refractivity (Wildman–Crippen MR) is 224 cm³/mol. The zero-order valence-corrected chi connectivity index (χ0v) is 37.2. The lowest BCUT2D eigenvalue weighted by Crippen LogP contribution is -2.66. The zero-order valence-electron chi connectivity index (χ0n) is 37.2. The number of nitrogens with zero attached hydrogens (tertiary/aromatic N) is 2. The molecule has 1 aromatic carbocycles. The Labute approximate surface area is 360 Å². The van der Waals surface area contributed by atoms with Crippen LogP contribution in [-0.2, 0) is 44.9 Å². The average Bonchev–Trinajstić information content (AvgIpc) is 3.20. The smallest absolute Gasteiger partial charge is 0.313 e. The molecule has 61 heavy (non-hydrogen) atoms. The van der Waals surface area contributed by atoms with Gasteiger partial charge in [0.15, 0.2) is 0 Å². The minimum atomic E-state index is -0.845. The molecule has 0 bridgehead atoms. The third-order valence-corrected chi connectivity index (χ3v) is 16.8. The van der Waals surface area contributed by atoms with Gasteiger partial charge in [-0.25, -0.2) is 0 Å². The summed E-state index contributed by atoms with van der Waals surface area (Å²) in [6, 6.07) is 9.91. The maximum absolute atomic E-state index is 14.4. The highest BCUT2D eigenvalue weighted by molar-refractivity contribution is 5.79. The standard InChI is InChI=1S/C47H68N2O12/c1-42(2)24-26-47(41(52)57-31-33-14-8-7-9-15-33)27-25-45(5)34(35(47)30-42)18-19-37-43(3)22-21-38(61-40(51)17-11-13-29-60-49(55)56)44(4,36(43)20-23-46(37,45)6)32-58-39(50)16-10-12-28-59-48(53)54/h7-9,14-15,18,35-38H,10-13,16-17,19-32H2,1-6H3/t35-,36+,37+,38?,43-,44-,45+,46+,47-/m0/s1. The maximum Gasteiger partial charge on any atom is 0.313 e. The van der Waals surface area contributed by atoms with Crippen molar-refractivity contribution in [2.75, 3.05) is 19.8 Å². The molecule has 0 saturated heterocycles. The van der Waals surface area contributed by atoms with Crippen molar-refractivity contribution in [3.8, 4) is 0 Å². The van der Waals surface area contributed by atoms with Crippen molar-refractivity contribution in [2.24, 2.45) is 50.2 Å². The number of unbranched alkanes of at least 4 members (excludes halogenated alkanes) is 2. The molecule has 0 N–H and O–H groups in total. The van der Waals surface area contributed by atoms with E-state index < -0.39 is 33.1 Å². The lowest BCUT2D eigenvalue weighted by molar-refractivity contribution is -0.757. The lowest BCUT2D eigenvalue weighted by Gasteiger charge is -2.71. The fourth-order valence-electron chi connectivity index (χ4n) is 13.2. The van der Waals surface area contributed by atoms with Crippen molar-refractivity contribution in [3.05, 3.63) is 67.8 Å². The molecule has 0 amide bonds. The van der Waals surface area contributed by atoms with E-state index in [1.165, 1.54) is 5.57 Å². The second kappa shape index (κ2) is 18.2. The molecule has 9 atom stereocenters. The van der Waals surface area contributed by atoms with Crippen LogP contribution in [0, 0.1) is 70.5 Å². The number of esters is 3. The Morgan fingerprint density at radius 2 is 1.38 bits per heavy atom. The number of hydrogen-bond donors (Lipinski definition) is 0. The minimum absolute atomic E-state index is 0.0576. The molecule has 4 fully saturated rings. The van der Waals surface area contributed by atoms with E-state index in [2.05, 4.69) is 57.3 Å². The van der Waals surface area contributed by atoms with Crippen LogP contribution in [0.1, 0.15) is 150 Å². The second-order valence-electron chi connectivity index (χ2n) is 20.6. The number of allylic oxidation sites excluding steroid dienone is 2. The summed E-state index contributed by atoms with van der Waals surface area (Å²) < 4.78 is 18.5. The second-order valence-corrected chi connectivity index (χ2v) is 20.6. The highest BCUT2D eigenvalue weighted by atomic mass is 17.0. The largest absolute Gasteiger partial charge is 0.465 e. The molecule has 0 radical (unpaired) electrons. The minimum Gasteiger partial charge on any atom is -0.465 e. The SMILES string of the molecule is CC1(C)CC[C@]2(C(=O)OCc3ccccc3)CC[C@]3(C)C(=CC[C@@H]4[C@@]5(C)CCC(OC(=O)CCCCO[N+](=O)[O-])[C@@](C)(COC(=O)CCCCO[N+](=O)[O-])[C@@H]5CC[C@]43C)[C@@H]2C1. The molecule has 1 aromatic rings. The number of carbonyl (C=O) groups excluding carboxylic acids is 3. The summed E-state index contributed by atoms with van der Waals surface area (Å²) in [5.41, 5.74) is 0.860. The molecule has 4 saturated carbocycles. The van der Waals surface area contributed by atoms with Crippen LogP contribution in [-0.4, -0.2) is 54.0 Å². The Morgan fingerprint density at radius 3 is 2.03 bits per heavy atom. The van der Waals surface area contributed by atoms with Gasteiger partial charge in [-0.3, -0.25) is 14.4 Å². The van der Waals surface area contributed by atoms with Gasteiger partial charge in [-0.1, -0.05) is 83.5 Å². The molecule has 0 aromatic heterocycles. The van der Waals surface area contributed by atoms with Crippen molar-refractivity contribution < 1.29 is 48.4 Å². The monoisotopic (exact) mass is 852 g/mol. The Balaban J connectivity index is 1.25. The summed E-state index contributed by atoms with van der Waals surface area (Å²) in [4.78, 5) is 70.9. The van der Waals surface area contributed by atoms with Crippen molar-refractivity contribution in [1.82, 2.24) is 0 Å². The van der Waals surface area contributed by atoms with Crippen molar-refractivity contribution >= 4 is 17.9 Å². The van der Waals surface area contributed by atoms with Crippen LogP contribution in [0.5, 0.6) is 0 Å². The molecule has 14 nitrogen and oxygen atoms in total. The van der Waals surface area contributed by atoms with E-state index in [1.54, 1.807) is 0 Å². The van der Waals surface area contributed by atoms with Gasteiger partial charge in [0.2, 0.25) is 0 Å². The van der Waals surface area contributed by atoms with Gasteiger partial charge in [-0.05, 0) is 135 Å². The molecular formula is C47H68N2O12. The van der Waals surface area contributed by atoms with Crippen LogP contribution in [0.4, 0.5) is 0 Å². The van der Waals surface area contributed by atoms with E-state index in [-0.39, 0.29) is 90.6 Å². The summed E-state index contributed by atoms with van der Waals surface area (Å²) >= 11 is 0. The molecule has 0 aliphatic heterocycles. The van der Waals surface area contributed by atoms with E-state index in [4.69, 9.17) is 14.2 Å². The van der Waals surface area contributed by atoms with Crippen molar-refractivity contribution in [2.45, 2.75) is 157 Å². The maximum atomic E-state index is 14.4. The first kappa shape index (κ1) is 46.3. The summed E-state index contributed by atoms with van der Waals surface area (Å²) in [6.45, 7) is 14.3. The van der Waals surface area contributed by atoms with Crippen LogP contribution in [0.2, 0.25) is 0 Å². The third kappa shape index (κ3) is 9.29. The topological polar surface area (TPSA) is 184 Å². The van der Waals surface area contributed by atoms with E-state index in [0.29, 0.717) is 32.1 Å². The van der Waals surface area contributed by atoms with Gasteiger partial charge in [-0.15, -0.1) is 20.2 Å². The van der Waals surface area contributed by atoms with Gasteiger partial charge in [-0.2, -0.15) is 0 Å². The molecule has 0 spiro atoms. The molecular weight excluding hydrogens is 785 g/mol. The van der Waals surface area contributed by atoms with E-state index in [1.807, 2.05) is 30.3 Å². The molecule has 338 valence electrons. The Morgan fingerprint density at radius 1 is 0.738 bits per heavy atom. The van der Waals surface area contributed by atoms with Crippen molar-refractivity contribution in [1.29, 1.82) is 0 Å². The summed E-state index contributed by atoms with van der Waals surface area (Å²) in [5.74, 6) is -0.417. The molecule has 14 heteroatoms. The molecule has 5 aliphatic carbocycles. The number of carbonyl (C=O) groups is 3. The third-order valence-electron chi connectivity index (χ3n) is 16.8. The molecule has 6 rings (SSSR count).